The predicted molar refractivity (Wildman–Crippen MR) is 127 cm³/mol. The molecule has 0 bridgehead atoms. The van der Waals surface area contributed by atoms with Crippen LogP contribution in [0, 0.1) is 0 Å². The van der Waals surface area contributed by atoms with Gasteiger partial charge >= 0.3 is 23.9 Å². The first-order chi connectivity index (χ1) is 17.5. The smallest absolute Gasteiger partial charge is 0.417 e. The van der Waals surface area contributed by atoms with E-state index in [1.807, 2.05) is 60.7 Å². The Kier molecular flexibility index (Phi) is 7.02. The second-order valence-electron chi connectivity index (χ2n) is 8.91. The van der Waals surface area contributed by atoms with E-state index in [2.05, 4.69) is 4.90 Å². The third-order valence-electron chi connectivity index (χ3n) is 6.61. The third-order valence-corrected chi connectivity index (χ3v) is 6.61. The molecule has 0 saturated carbocycles. The number of carbonyl (C=O) groups excluding carboxylic acids is 3. The molecule has 2 fully saturated rings. The second-order valence-corrected chi connectivity index (χ2v) is 8.91. The van der Waals surface area contributed by atoms with Crippen molar-refractivity contribution in [1.29, 1.82) is 0 Å². The van der Waals surface area contributed by atoms with Crippen LogP contribution in [0.4, 0.5) is 4.79 Å². The molecule has 9 heteroatoms. The molecule has 2 aromatic rings. The first-order valence-corrected chi connectivity index (χ1v) is 12.1. The SMILES string of the molecule is O=C1C=CC(=O)OC2(O1)[C@@H](Cc1ccccc1)OC(=O)N2[C@@H](CCN1CCOCC1)c1ccccc1. The van der Waals surface area contributed by atoms with Crippen LogP contribution in [0.3, 0.4) is 0 Å². The van der Waals surface area contributed by atoms with Crippen LogP contribution >= 0.6 is 0 Å². The van der Waals surface area contributed by atoms with Gasteiger partial charge in [0.2, 0.25) is 6.10 Å². The van der Waals surface area contributed by atoms with Crippen molar-refractivity contribution in [3.05, 3.63) is 83.9 Å². The van der Waals surface area contributed by atoms with Crippen LogP contribution in [0.15, 0.2) is 72.8 Å². The highest BCUT2D eigenvalue weighted by Crippen LogP contribution is 2.43. The van der Waals surface area contributed by atoms with Gasteiger partial charge in [-0.1, -0.05) is 60.7 Å². The van der Waals surface area contributed by atoms with Crippen LogP contribution in [0.5, 0.6) is 0 Å². The maximum Gasteiger partial charge on any atom is 0.417 e. The molecule has 3 aliphatic rings. The van der Waals surface area contributed by atoms with Gasteiger partial charge in [-0.15, -0.1) is 0 Å². The number of carbonyl (C=O) groups is 3. The molecule has 0 aromatic heterocycles. The quantitative estimate of drug-likeness (QED) is 0.545. The molecule has 1 spiro atoms. The summed E-state index contributed by atoms with van der Waals surface area (Å²) in [4.78, 5) is 42.3. The largest absolute Gasteiger partial charge is 0.435 e. The summed E-state index contributed by atoms with van der Waals surface area (Å²) in [7, 11) is 0. The van der Waals surface area contributed by atoms with Crippen molar-refractivity contribution in [3.8, 4) is 0 Å². The summed E-state index contributed by atoms with van der Waals surface area (Å²) in [5.41, 5.74) is 1.65. The van der Waals surface area contributed by atoms with Crippen LogP contribution in [-0.2, 0) is 35.0 Å². The molecule has 3 aliphatic heterocycles. The van der Waals surface area contributed by atoms with E-state index in [0.29, 0.717) is 26.2 Å². The lowest BCUT2D eigenvalue weighted by Gasteiger charge is -2.40. The number of benzene rings is 2. The average molecular weight is 493 g/mol. The van der Waals surface area contributed by atoms with Crippen molar-refractivity contribution in [2.75, 3.05) is 32.8 Å². The van der Waals surface area contributed by atoms with Crippen molar-refractivity contribution in [2.45, 2.75) is 30.9 Å². The van der Waals surface area contributed by atoms with Crippen LogP contribution in [-0.4, -0.2) is 72.7 Å². The van der Waals surface area contributed by atoms with E-state index in [4.69, 9.17) is 18.9 Å². The molecule has 9 nitrogen and oxygen atoms in total. The molecule has 3 heterocycles. The fraction of sp³-hybridized carbons (Fsp3) is 0.370. The molecule has 0 radical (unpaired) electrons. The van der Waals surface area contributed by atoms with Gasteiger partial charge in [-0.25, -0.2) is 19.3 Å². The standard InChI is InChI=1S/C27H28N2O7/c30-24-11-12-25(31)36-27(35-24)23(19-20-7-3-1-4-8-20)34-26(32)29(27)22(21-9-5-2-6-10-21)13-14-28-15-17-33-18-16-28/h1-12,22-23H,13-19H2/t22-,23+/m0/s1. The van der Waals surface area contributed by atoms with E-state index in [0.717, 1.165) is 36.4 Å². The van der Waals surface area contributed by atoms with Crippen LogP contribution in [0.1, 0.15) is 23.6 Å². The zero-order valence-corrected chi connectivity index (χ0v) is 19.8. The van der Waals surface area contributed by atoms with Crippen molar-refractivity contribution >= 4 is 18.0 Å². The zero-order valence-electron chi connectivity index (χ0n) is 19.8. The van der Waals surface area contributed by atoms with E-state index >= 15 is 0 Å². The number of hydrogen-bond donors (Lipinski definition) is 0. The summed E-state index contributed by atoms with van der Waals surface area (Å²) in [5.74, 6) is -3.64. The second kappa shape index (κ2) is 10.5. The number of hydrogen-bond acceptors (Lipinski definition) is 8. The number of cyclic esters (lactones) is 1. The maximum atomic E-state index is 13.5. The number of amides is 1. The maximum absolute atomic E-state index is 13.5. The first kappa shape index (κ1) is 24.0. The van der Waals surface area contributed by atoms with Gasteiger partial charge in [-0.3, -0.25) is 4.90 Å². The van der Waals surface area contributed by atoms with E-state index < -0.39 is 36.1 Å². The topological polar surface area (TPSA) is 94.6 Å². The summed E-state index contributed by atoms with van der Waals surface area (Å²) in [6.45, 7) is 3.51. The highest BCUT2D eigenvalue weighted by Gasteiger charge is 2.64. The molecule has 2 aromatic carbocycles. The highest BCUT2D eigenvalue weighted by atomic mass is 16.8. The van der Waals surface area contributed by atoms with Gasteiger partial charge in [0.05, 0.1) is 19.3 Å². The number of rotatable bonds is 7. The van der Waals surface area contributed by atoms with E-state index in [9.17, 15) is 14.4 Å². The lowest BCUT2D eigenvalue weighted by atomic mass is 9.99. The van der Waals surface area contributed by atoms with Crippen LogP contribution in [0.25, 0.3) is 0 Å². The van der Waals surface area contributed by atoms with Crippen molar-refractivity contribution in [2.24, 2.45) is 0 Å². The van der Waals surface area contributed by atoms with E-state index in [1.165, 1.54) is 4.90 Å². The van der Waals surface area contributed by atoms with Gasteiger partial charge in [0.1, 0.15) is 0 Å². The Morgan fingerprint density at radius 2 is 1.47 bits per heavy atom. The number of esters is 2. The Bertz CT molecular complexity index is 1100. The highest BCUT2D eigenvalue weighted by molar-refractivity contribution is 5.94. The minimum Gasteiger partial charge on any atom is -0.435 e. The van der Waals surface area contributed by atoms with E-state index in [-0.39, 0.29) is 6.42 Å². The average Bonchev–Trinajstić information content (AvgIpc) is 3.03. The summed E-state index contributed by atoms with van der Waals surface area (Å²) in [6.07, 6.45) is 0.922. The fourth-order valence-electron chi connectivity index (χ4n) is 4.87. The molecule has 2 saturated heterocycles. The third kappa shape index (κ3) is 4.98. The van der Waals surface area contributed by atoms with Crippen LogP contribution in [0.2, 0.25) is 0 Å². The van der Waals surface area contributed by atoms with Gasteiger partial charge < -0.3 is 18.9 Å². The van der Waals surface area contributed by atoms with Crippen molar-refractivity contribution in [1.82, 2.24) is 9.80 Å². The number of ether oxygens (including phenoxy) is 4. The molecule has 188 valence electrons. The first-order valence-electron chi connectivity index (χ1n) is 12.1. The fourth-order valence-corrected chi connectivity index (χ4v) is 4.87. The molecule has 36 heavy (non-hydrogen) atoms. The van der Waals surface area contributed by atoms with Gasteiger partial charge in [0, 0.05) is 38.2 Å². The zero-order chi connectivity index (χ0) is 25.0. The molecule has 0 aliphatic carbocycles. The molecule has 0 N–H and O–H groups in total. The van der Waals surface area contributed by atoms with Gasteiger partial charge in [0.25, 0.3) is 0 Å². The molecular formula is C27H28N2O7. The molecule has 2 atom stereocenters. The molecule has 0 unspecified atom stereocenters. The minimum absolute atomic E-state index is 0.189. The number of nitrogens with zero attached hydrogens (tertiary/aromatic N) is 2. The molecule has 5 rings (SSSR count). The van der Waals surface area contributed by atoms with Crippen molar-refractivity contribution < 1.29 is 33.3 Å². The Labute approximate surface area is 209 Å². The molecule has 1 amide bonds. The monoisotopic (exact) mass is 492 g/mol. The lowest BCUT2D eigenvalue weighted by Crippen LogP contribution is -2.58. The van der Waals surface area contributed by atoms with E-state index in [1.54, 1.807) is 0 Å². The lowest BCUT2D eigenvalue weighted by molar-refractivity contribution is -0.284. The van der Waals surface area contributed by atoms with Gasteiger partial charge in [-0.05, 0) is 17.5 Å². The predicted octanol–water partition coefficient (Wildman–Crippen LogP) is 2.82. The van der Waals surface area contributed by atoms with Crippen molar-refractivity contribution in [3.63, 3.8) is 0 Å². The number of morpholine rings is 1. The Morgan fingerprint density at radius 1 is 0.861 bits per heavy atom. The summed E-state index contributed by atoms with van der Waals surface area (Å²) >= 11 is 0. The normalized spacial score (nSPS) is 22.6. The Morgan fingerprint density at radius 3 is 2.11 bits per heavy atom. The summed E-state index contributed by atoms with van der Waals surface area (Å²) in [6, 6.07) is 18.2. The Balaban J connectivity index is 1.53. The Hall–Kier alpha value is -3.69. The molecular weight excluding hydrogens is 464 g/mol. The minimum atomic E-state index is -2.06. The van der Waals surface area contributed by atoms with Gasteiger partial charge in [0.15, 0.2) is 0 Å². The summed E-state index contributed by atoms with van der Waals surface area (Å²) < 4.78 is 22.8. The van der Waals surface area contributed by atoms with Crippen LogP contribution < -0.4 is 0 Å². The van der Waals surface area contributed by atoms with Gasteiger partial charge in [-0.2, -0.15) is 0 Å². The summed E-state index contributed by atoms with van der Waals surface area (Å²) in [5, 5.41) is 0.